The first kappa shape index (κ1) is 26.7. The Morgan fingerprint density at radius 1 is 0.905 bits per heavy atom. The normalized spacial score (nSPS) is 16.3. The van der Waals surface area contributed by atoms with Gasteiger partial charge in [0.05, 0.1) is 37.2 Å². The van der Waals surface area contributed by atoms with Crippen LogP contribution >= 0.6 is 0 Å². The quantitative estimate of drug-likeness (QED) is 0.217. The monoisotopic (exact) mass is 559 g/mol. The molecule has 6 heteroatoms. The number of amides is 1. The number of benzene rings is 3. The fourth-order valence-corrected chi connectivity index (χ4v) is 6.87. The standard InChI is InChI=1S/C36H37N3O3/c1-41-29-11-7-10-26(23-29)31-16-14-27-22-28(15-17-32(27)37-31)36-35(25-8-3-2-4-9-25)30-12-5-6-13-33(30)39(36)24-34(40)38-18-20-42-21-19-38/h5-7,10-17,22-23,25H,2-4,8-9,18-21,24H2,1H3. The van der Waals surface area contributed by atoms with Crippen molar-refractivity contribution in [2.45, 2.75) is 44.6 Å². The SMILES string of the molecule is COc1cccc(-c2ccc3cc(-c4c(C5CCCCC5)c5ccccc5n4CC(=O)N4CCOCC4)ccc3n2)c1. The van der Waals surface area contributed by atoms with Gasteiger partial charge in [0.15, 0.2) is 0 Å². The summed E-state index contributed by atoms with van der Waals surface area (Å²) in [4.78, 5) is 20.6. The number of nitrogens with zero attached hydrogens (tertiary/aromatic N) is 3. The number of carbonyl (C=O) groups is 1. The van der Waals surface area contributed by atoms with Gasteiger partial charge in [0.2, 0.25) is 5.91 Å². The summed E-state index contributed by atoms with van der Waals surface area (Å²) >= 11 is 0. The van der Waals surface area contributed by atoms with E-state index in [4.69, 9.17) is 14.5 Å². The average Bonchev–Trinajstić information content (AvgIpc) is 3.39. The van der Waals surface area contributed by atoms with Crippen LogP contribution in [-0.4, -0.2) is 53.8 Å². The molecule has 0 N–H and O–H groups in total. The van der Waals surface area contributed by atoms with Gasteiger partial charge in [0.25, 0.3) is 0 Å². The lowest BCUT2D eigenvalue weighted by molar-refractivity contribution is -0.135. The van der Waals surface area contributed by atoms with Crippen LogP contribution in [0.4, 0.5) is 0 Å². The van der Waals surface area contributed by atoms with Crippen molar-refractivity contribution >= 4 is 27.7 Å². The maximum atomic E-state index is 13.6. The number of fused-ring (bicyclic) bond motifs is 2. The molecule has 1 saturated carbocycles. The number of morpholine rings is 1. The van der Waals surface area contributed by atoms with Gasteiger partial charge in [0, 0.05) is 34.9 Å². The van der Waals surface area contributed by atoms with Crippen molar-refractivity contribution in [3.05, 3.63) is 84.4 Å². The first-order valence-electron chi connectivity index (χ1n) is 15.2. The summed E-state index contributed by atoms with van der Waals surface area (Å²) in [6.45, 7) is 2.84. The van der Waals surface area contributed by atoms with Crippen LogP contribution in [0.3, 0.4) is 0 Å². The van der Waals surface area contributed by atoms with Crippen LogP contribution in [0.5, 0.6) is 5.75 Å². The molecule has 6 nitrogen and oxygen atoms in total. The molecule has 0 spiro atoms. The Hall–Kier alpha value is -4.16. The molecule has 214 valence electrons. The van der Waals surface area contributed by atoms with Crippen molar-refractivity contribution in [2.24, 2.45) is 0 Å². The van der Waals surface area contributed by atoms with Crippen LogP contribution < -0.4 is 4.74 Å². The molecule has 0 atom stereocenters. The van der Waals surface area contributed by atoms with E-state index in [-0.39, 0.29) is 5.91 Å². The third-order valence-electron chi connectivity index (χ3n) is 9.01. The van der Waals surface area contributed by atoms with Gasteiger partial charge in [-0.25, -0.2) is 4.98 Å². The molecule has 1 saturated heterocycles. The van der Waals surface area contributed by atoms with Gasteiger partial charge < -0.3 is 18.9 Å². The Labute approximate surface area is 246 Å². The molecule has 42 heavy (non-hydrogen) atoms. The Morgan fingerprint density at radius 3 is 2.57 bits per heavy atom. The number of para-hydroxylation sites is 1. The minimum absolute atomic E-state index is 0.154. The number of pyridine rings is 1. The summed E-state index contributed by atoms with van der Waals surface area (Å²) in [5.74, 6) is 1.46. The van der Waals surface area contributed by atoms with Crippen LogP contribution in [0, 0.1) is 0 Å². The number of ether oxygens (including phenoxy) is 2. The average molecular weight is 560 g/mol. The van der Waals surface area contributed by atoms with Crippen LogP contribution in [0.2, 0.25) is 0 Å². The van der Waals surface area contributed by atoms with Gasteiger partial charge in [-0.1, -0.05) is 61.7 Å². The summed E-state index contributed by atoms with van der Waals surface area (Å²) in [6, 6.07) is 27.5. The van der Waals surface area contributed by atoms with Crippen LogP contribution in [0.1, 0.15) is 43.6 Å². The van der Waals surface area contributed by atoms with Crippen molar-refractivity contribution in [3.8, 4) is 28.3 Å². The molecule has 1 amide bonds. The molecule has 3 aromatic carbocycles. The zero-order chi connectivity index (χ0) is 28.5. The number of rotatable bonds is 6. The van der Waals surface area contributed by atoms with Gasteiger partial charge >= 0.3 is 0 Å². The number of carbonyl (C=O) groups excluding carboxylic acids is 1. The zero-order valence-corrected chi connectivity index (χ0v) is 24.2. The van der Waals surface area contributed by atoms with Crippen molar-refractivity contribution < 1.29 is 14.3 Å². The van der Waals surface area contributed by atoms with Crippen LogP contribution in [0.25, 0.3) is 44.3 Å². The van der Waals surface area contributed by atoms with E-state index in [0.29, 0.717) is 38.8 Å². The molecule has 1 aliphatic carbocycles. The van der Waals surface area contributed by atoms with Crippen molar-refractivity contribution in [1.82, 2.24) is 14.5 Å². The third-order valence-corrected chi connectivity index (χ3v) is 9.01. The number of hydrogen-bond donors (Lipinski definition) is 0. The highest BCUT2D eigenvalue weighted by Crippen LogP contribution is 2.44. The Balaban J connectivity index is 1.35. The first-order valence-corrected chi connectivity index (χ1v) is 15.2. The lowest BCUT2D eigenvalue weighted by Gasteiger charge is -2.28. The third kappa shape index (κ3) is 5.05. The van der Waals surface area contributed by atoms with Gasteiger partial charge in [-0.2, -0.15) is 0 Å². The van der Waals surface area contributed by atoms with E-state index in [9.17, 15) is 4.79 Å². The predicted molar refractivity (Wildman–Crippen MR) is 168 cm³/mol. The molecule has 2 aliphatic rings. The second-order valence-electron chi connectivity index (χ2n) is 11.5. The molecule has 7 rings (SSSR count). The molecule has 2 aromatic heterocycles. The van der Waals surface area contributed by atoms with E-state index in [1.165, 1.54) is 48.7 Å². The largest absolute Gasteiger partial charge is 0.497 e. The van der Waals surface area contributed by atoms with E-state index in [1.54, 1.807) is 7.11 Å². The summed E-state index contributed by atoms with van der Waals surface area (Å²) in [6.07, 6.45) is 6.20. The number of methoxy groups -OCH3 is 1. The topological polar surface area (TPSA) is 56.6 Å². The highest BCUT2D eigenvalue weighted by atomic mass is 16.5. The lowest BCUT2D eigenvalue weighted by Crippen LogP contribution is -2.42. The predicted octanol–water partition coefficient (Wildman–Crippen LogP) is 7.44. The van der Waals surface area contributed by atoms with Gasteiger partial charge in [-0.3, -0.25) is 4.79 Å². The first-order chi connectivity index (χ1) is 20.7. The van der Waals surface area contributed by atoms with Crippen molar-refractivity contribution in [1.29, 1.82) is 0 Å². The highest BCUT2D eigenvalue weighted by Gasteiger charge is 2.28. The fraction of sp³-hybridized carbons (Fsp3) is 0.333. The Kier molecular flexibility index (Phi) is 7.39. The van der Waals surface area contributed by atoms with E-state index >= 15 is 0 Å². The smallest absolute Gasteiger partial charge is 0.242 e. The molecule has 1 aliphatic heterocycles. The van der Waals surface area contributed by atoms with Crippen LogP contribution in [-0.2, 0) is 16.1 Å². The molecule has 0 bridgehead atoms. The fourth-order valence-electron chi connectivity index (χ4n) is 6.87. The lowest BCUT2D eigenvalue weighted by atomic mass is 9.82. The second kappa shape index (κ2) is 11.6. The van der Waals surface area contributed by atoms with Crippen molar-refractivity contribution in [3.63, 3.8) is 0 Å². The maximum absolute atomic E-state index is 13.6. The Bertz CT molecular complexity index is 1750. The van der Waals surface area contributed by atoms with Gasteiger partial charge in [0.1, 0.15) is 12.3 Å². The summed E-state index contributed by atoms with van der Waals surface area (Å²) in [5, 5.41) is 2.37. The molecule has 3 heterocycles. The number of aromatic nitrogens is 2. The second-order valence-corrected chi connectivity index (χ2v) is 11.5. The molecule has 5 aromatic rings. The zero-order valence-electron chi connectivity index (χ0n) is 24.2. The maximum Gasteiger partial charge on any atom is 0.242 e. The highest BCUT2D eigenvalue weighted by molar-refractivity contribution is 5.96. The minimum atomic E-state index is 0.154. The molecular formula is C36H37N3O3. The molecule has 0 unspecified atom stereocenters. The number of hydrogen-bond acceptors (Lipinski definition) is 4. The summed E-state index contributed by atoms with van der Waals surface area (Å²) in [7, 11) is 1.68. The molecule has 2 fully saturated rings. The molecular weight excluding hydrogens is 522 g/mol. The van der Waals surface area contributed by atoms with E-state index in [0.717, 1.165) is 39.0 Å². The van der Waals surface area contributed by atoms with E-state index < -0.39 is 0 Å². The summed E-state index contributed by atoms with van der Waals surface area (Å²) < 4.78 is 13.2. The van der Waals surface area contributed by atoms with Crippen molar-refractivity contribution in [2.75, 3.05) is 33.4 Å². The van der Waals surface area contributed by atoms with Crippen LogP contribution in [0.15, 0.2) is 78.9 Å². The molecule has 0 radical (unpaired) electrons. The van der Waals surface area contributed by atoms with Gasteiger partial charge in [-0.05, 0) is 66.3 Å². The van der Waals surface area contributed by atoms with Gasteiger partial charge in [-0.15, -0.1) is 0 Å². The minimum Gasteiger partial charge on any atom is -0.497 e. The van der Waals surface area contributed by atoms with E-state index in [1.807, 2.05) is 23.1 Å². The van der Waals surface area contributed by atoms with E-state index in [2.05, 4.69) is 65.2 Å². The summed E-state index contributed by atoms with van der Waals surface area (Å²) in [5.41, 5.74) is 7.77. The Morgan fingerprint density at radius 2 is 1.74 bits per heavy atom.